The minimum atomic E-state index is -1.03. The van der Waals surface area contributed by atoms with Crippen LogP contribution in [0.5, 0.6) is 0 Å². The average Bonchev–Trinajstić information content (AvgIpc) is 2.48. The summed E-state index contributed by atoms with van der Waals surface area (Å²) in [4.78, 5) is 10.5. The fourth-order valence-electron chi connectivity index (χ4n) is 0.765. The number of hydrogen-bond donors (Lipinski definition) is 2. The second kappa shape index (κ2) is 3.92. The van der Waals surface area contributed by atoms with Crippen LogP contribution in [0.4, 0.5) is 0 Å². The molecule has 0 spiro atoms. The molecule has 0 atom stereocenters. The monoisotopic (exact) mass is 186 g/mol. The maximum absolute atomic E-state index is 10.5. The number of allylic oxidation sites excluding steroid dienone is 1. The summed E-state index contributed by atoms with van der Waals surface area (Å²) >= 11 is 5.39. The second-order valence-corrected chi connectivity index (χ2v) is 2.37. The second-order valence-electron chi connectivity index (χ2n) is 2.06. The van der Waals surface area contributed by atoms with Gasteiger partial charge in [-0.3, -0.25) is 5.10 Å². The fourth-order valence-corrected chi connectivity index (χ4v) is 0.854. The molecule has 1 rings (SSSR count). The summed E-state index contributed by atoms with van der Waals surface area (Å²) in [5.41, 5.74) is 0.611. The smallest absolute Gasteiger partial charge is 0.354 e. The number of H-pyrrole nitrogens is 1. The van der Waals surface area contributed by atoms with Crippen LogP contribution in [0.2, 0.25) is 0 Å². The van der Waals surface area contributed by atoms with E-state index in [9.17, 15) is 4.79 Å². The van der Waals surface area contributed by atoms with Gasteiger partial charge in [0.1, 0.15) is 0 Å². The first-order valence-electron chi connectivity index (χ1n) is 3.25. The zero-order chi connectivity index (χ0) is 8.97. The number of carbonyl (C=O) groups is 1. The fraction of sp³-hybridized carbons (Fsp3) is 0.143. The Morgan fingerprint density at radius 1 is 1.83 bits per heavy atom. The highest BCUT2D eigenvalue weighted by Gasteiger charge is 2.08. The lowest BCUT2D eigenvalue weighted by atomic mass is 10.2. The molecule has 0 aliphatic carbocycles. The first kappa shape index (κ1) is 8.80. The molecule has 1 aromatic heterocycles. The Morgan fingerprint density at radius 3 is 3.17 bits per heavy atom. The van der Waals surface area contributed by atoms with Crippen molar-refractivity contribution in [3.63, 3.8) is 0 Å². The van der Waals surface area contributed by atoms with Crippen molar-refractivity contribution in [3.05, 3.63) is 23.5 Å². The predicted molar refractivity (Wildman–Crippen MR) is 45.3 cm³/mol. The molecule has 0 saturated carbocycles. The first-order chi connectivity index (χ1) is 5.75. The van der Waals surface area contributed by atoms with Crippen LogP contribution < -0.4 is 0 Å². The zero-order valence-electron chi connectivity index (χ0n) is 6.12. The summed E-state index contributed by atoms with van der Waals surface area (Å²) < 4.78 is 0. The highest BCUT2D eigenvalue weighted by molar-refractivity contribution is 6.19. The van der Waals surface area contributed by atoms with Gasteiger partial charge in [0.25, 0.3) is 0 Å². The number of nitrogens with one attached hydrogen (secondary N) is 1. The van der Waals surface area contributed by atoms with Gasteiger partial charge in [0.05, 0.1) is 6.20 Å². The van der Waals surface area contributed by atoms with Crippen LogP contribution in [-0.2, 0) is 0 Å². The topological polar surface area (TPSA) is 66.0 Å². The summed E-state index contributed by atoms with van der Waals surface area (Å²) in [6, 6.07) is 0. The first-order valence-corrected chi connectivity index (χ1v) is 3.78. The molecule has 0 aliphatic rings. The molecule has 0 aromatic carbocycles. The molecule has 64 valence electrons. The quantitative estimate of drug-likeness (QED) is 0.701. The Kier molecular flexibility index (Phi) is 2.88. The van der Waals surface area contributed by atoms with E-state index < -0.39 is 5.97 Å². The molecule has 0 bridgehead atoms. The van der Waals surface area contributed by atoms with E-state index in [1.807, 2.05) is 0 Å². The van der Waals surface area contributed by atoms with Crippen molar-refractivity contribution in [1.82, 2.24) is 10.2 Å². The molecule has 5 heteroatoms. The van der Waals surface area contributed by atoms with Gasteiger partial charge in [0.2, 0.25) is 0 Å². The third kappa shape index (κ3) is 1.85. The number of aromatic amines is 1. The molecule has 12 heavy (non-hydrogen) atoms. The van der Waals surface area contributed by atoms with Gasteiger partial charge in [-0.2, -0.15) is 5.10 Å². The van der Waals surface area contributed by atoms with E-state index in [1.165, 1.54) is 6.20 Å². The molecule has 0 unspecified atom stereocenters. The lowest BCUT2D eigenvalue weighted by molar-refractivity contribution is 0.0690. The van der Waals surface area contributed by atoms with Crippen LogP contribution in [0.25, 0.3) is 6.08 Å². The Hall–Kier alpha value is -1.29. The van der Waals surface area contributed by atoms with Crippen molar-refractivity contribution in [2.24, 2.45) is 0 Å². The molecule has 0 aliphatic heterocycles. The van der Waals surface area contributed by atoms with E-state index in [0.717, 1.165) is 0 Å². The lowest BCUT2D eigenvalue weighted by Gasteiger charge is -1.88. The largest absolute Gasteiger partial charge is 0.477 e. The van der Waals surface area contributed by atoms with Gasteiger partial charge in [-0.25, -0.2) is 4.79 Å². The third-order valence-electron chi connectivity index (χ3n) is 1.27. The Morgan fingerprint density at radius 2 is 2.58 bits per heavy atom. The van der Waals surface area contributed by atoms with Gasteiger partial charge < -0.3 is 5.11 Å². The van der Waals surface area contributed by atoms with Crippen LogP contribution >= 0.6 is 11.6 Å². The Bertz CT molecular complexity index is 306. The number of halogens is 1. The van der Waals surface area contributed by atoms with Gasteiger partial charge in [0, 0.05) is 11.4 Å². The van der Waals surface area contributed by atoms with Crippen LogP contribution in [0.1, 0.15) is 16.1 Å². The summed E-state index contributed by atoms with van der Waals surface area (Å²) in [5.74, 6) is -0.675. The van der Waals surface area contributed by atoms with Crippen molar-refractivity contribution in [3.8, 4) is 0 Å². The molecule has 1 aromatic rings. The van der Waals surface area contributed by atoms with E-state index in [1.54, 1.807) is 12.2 Å². The molecular weight excluding hydrogens is 180 g/mol. The summed E-state index contributed by atoms with van der Waals surface area (Å²) in [6.45, 7) is 0. The number of aromatic carboxylic acids is 1. The Balaban J connectivity index is 2.91. The number of rotatable bonds is 3. The summed E-state index contributed by atoms with van der Waals surface area (Å²) in [6.07, 6.45) is 4.70. The van der Waals surface area contributed by atoms with Crippen LogP contribution in [0, 0.1) is 0 Å². The van der Waals surface area contributed by atoms with Gasteiger partial charge in [-0.05, 0) is 0 Å². The molecular formula is C7H7ClN2O2. The maximum atomic E-state index is 10.5. The summed E-state index contributed by atoms with van der Waals surface area (Å²) in [5, 5.41) is 14.6. The van der Waals surface area contributed by atoms with E-state index in [0.29, 0.717) is 11.4 Å². The van der Waals surface area contributed by atoms with Crippen molar-refractivity contribution in [1.29, 1.82) is 0 Å². The molecule has 4 nitrogen and oxygen atoms in total. The average molecular weight is 187 g/mol. The number of carboxylic acid groups (broad SMARTS) is 1. The third-order valence-corrected chi connectivity index (χ3v) is 1.45. The van der Waals surface area contributed by atoms with E-state index >= 15 is 0 Å². The van der Waals surface area contributed by atoms with Crippen molar-refractivity contribution >= 4 is 23.6 Å². The number of hydrogen-bond acceptors (Lipinski definition) is 2. The zero-order valence-corrected chi connectivity index (χ0v) is 6.88. The normalized spacial score (nSPS) is 10.8. The van der Waals surface area contributed by atoms with Gasteiger partial charge in [-0.1, -0.05) is 12.2 Å². The highest BCUT2D eigenvalue weighted by Crippen LogP contribution is 2.06. The van der Waals surface area contributed by atoms with Crippen LogP contribution in [-0.4, -0.2) is 27.2 Å². The number of alkyl halides is 1. The van der Waals surface area contributed by atoms with E-state index in [4.69, 9.17) is 16.7 Å². The van der Waals surface area contributed by atoms with Crippen molar-refractivity contribution < 1.29 is 9.90 Å². The number of aromatic nitrogens is 2. The van der Waals surface area contributed by atoms with Gasteiger partial charge in [0.15, 0.2) is 5.69 Å². The highest BCUT2D eigenvalue weighted by atomic mass is 35.5. The molecule has 0 radical (unpaired) electrons. The van der Waals surface area contributed by atoms with Gasteiger partial charge >= 0.3 is 5.97 Å². The minimum absolute atomic E-state index is 0.0800. The SMILES string of the molecule is O=C(O)c1[nH]ncc1C=CCCl. The van der Waals surface area contributed by atoms with Crippen molar-refractivity contribution in [2.75, 3.05) is 5.88 Å². The standard InChI is InChI=1S/C7H7ClN2O2/c8-3-1-2-5-4-9-10-6(5)7(11)12/h1-2,4H,3H2,(H,9,10)(H,11,12). The molecule has 0 saturated heterocycles. The maximum Gasteiger partial charge on any atom is 0.354 e. The van der Waals surface area contributed by atoms with Crippen LogP contribution in [0.15, 0.2) is 12.3 Å². The number of nitrogens with zero attached hydrogens (tertiary/aromatic N) is 1. The molecule has 0 fully saturated rings. The molecule has 1 heterocycles. The van der Waals surface area contributed by atoms with Crippen LogP contribution in [0.3, 0.4) is 0 Å². The minimum Gasteiger partial charge on any atom is -0.477 e. The molecule has 2 N–H and O–H groups in total. The van der Waals surface area contributed by atoms with E-state index in [-0.39, 0.29) is 5.69 Å². The van der Waals surface area contributed by atoms with Crippen molar-refractivity contribution in [2.45, 2.75) is 0 Å². The molecule has 0 amide bonds. The lowest BCUT2D eigenvalue weighted by Crippen LogP contribution is -1.98. The Labute approximate surface area is 73.9 Å². The van der Waals surface area contributed by atoms with E-state index in [2.05, 4.69) is 10.2 Å². The summed E-state index contributed by atoms with van der Waals surface area (Å²) in [7, 11) is 0. The predicted octanol–water partition coefficient (Wildman–Crippen LogP) is 1.36. The van der Waals surface area contributed by atoms with Gasteiger partial charge in [-0.15, -0.1) is 11.6 Å². The number of carboxylic acids is 1.